The molecule has 0 bridgehead atoms. The summed E-state index contributed by atoms with van der Waals surface area (Å²) in [4.78, 5) is 30.2. The van der Waals surface area contributed by atoms with Crippen molar-refractivity contribution in [2.24, 2.45) is 0 Å². The molecule has 2 saturated heterocycles. The van der Waals surface area contributed by atoms with Gasteiger partial charge >= 0.3 is 6.80 Å². The van der Waals surface area contributed by atoms with Gasteiger partial charge in [0.2, 0.25) is 11.7 Å². The second-order valence-corrected chi connectivity index (χ2v) is 13.6. The molecule has 4 aromatic heterocycles. The van der Waals surface area contributed by atoms with Gasteiger partial charge in [0.25, 0.3) is 5.56 Å². The van der Waals surface area contributed by atoms with E-state index in [-0.39, 0.29) is 34.1 Å². The van der Waals surface area contributed by atoms with Crippen LogP contribution in [0, 0.1) is 0 Å². The summed E-state index contributed by atoms with van der Waals surface area (Å²) in [7, 11) is 0. The number of nitrogen functional groups attached to an aromatic ring is 2. The van der Waals surface area contributed by atoms with Gasteiger partial charge in [-0.25, -0.2) is 33.0 Å². The van der Waals surface area contributed by atoms with Crippen molar-refractivity contribution in [1.82, 2.24) is 44.5 Å². The molecule has 7 N–H and O–H groups in total. The van der Waals surface area contributed by atoms with E-state index in [1.165, 1.54) is 0 Å². The number of fused-ring (bicyclic) bond motifs is 2. The van der Waals surface area contributed by atoms with E-state index >= 15 is 8.78 Å². The molecule has 0 spiro atoms. The van der Waals surface area contributed by atoms with Crippen LogP contribution in [0.3, 0.4) is 0 Å². The van der Waals surface area contributed by atoms with Crippen LogP contribution in [0.25, 0.3) is 22.3 Å². The standard InChI is InChI=1S/C19H22F2N11O7PS2/c20-8-7(1-33)42-17(32-15-10(29-30-32)16(35)28-18(23)27-15)11(8)39-40(36,41)38-2-6-12(34)19(21,3-37-6)31-5-26-9-13(22)24-4-25-14(9)31/h4-8,11-12,17,33-34H,1-3H2,(H,36,41)(H2,22,24,25)(H3,23,27,28,35)/t6-,7-,8-,11-,12-,17-,19-,40?/m1/s1. The number of nitrogens with zero attached hydrogens (tertiary/aromatic N) is 8. The Hall–Kier alpha value is -2.98. The Balaban J connectivity index is 1.19. The summed E-state index contributed by atoms with van der Waals surface area (Å²) in [5.74, 6) is -2.81. The Morgan fingerprint density at radius 2 is 2.10 bits per heavy atom. The van der Waals surface area contributed by atoms with Crippen LogP contribution in [0.5, 0.6) is 0 Å². The third kappa shape index (κ3) is 4.80. The molecule has 2 fully saturated rings. The number of alkyl halides is 2. The molecule has 8 atom stereocenters. The molecular weight excluding hydrogens is 627 g/mol. The highest BCUT2D eigenvalue weighted by molar-refractivity contribution is 8.44. The fraction of sp³-hybridized carbons (Fsp3) is 0.526. The first-order valence-corrected chi connectivity index (χ1v) is 15.7. The smallest absolute Gasteiger partial charge is 0.386 e. The average molecular weight is 650 g/mol. The third-order valence-electron chi connectivity index (χ3n) is 6.76. The van der Waals surface area contributed by atoms with Crippen LogP contribution < -0.4 is 17.0 Å². The maximum Gasteiger partial charge on any atom is 0.386 e. The first-order valence-electron chi connectivity index (χ1n) is 12.0. The van der Waals surface area contributed by atoms with Gasteiger partial charge in [-0.05, 0) is 0 Å². The van der Waals surface area contributed by atoms with Crippen LogP contribution in [-0.2, 0) is 24.1 Å². The van der Waals surface area contributed by atoms with Gasteiger partial charge in [-0.2, -0.15) is 4.98 Å². The van der Waals surface area contributed by atoms with E-state index in [0.717, 1.165) is 33.7 Å². The lowest BCUT2D eigenvalue weighted by Gasteiger charge is -2.26. The molecule has 42 heavy (non-hydrogen) atoms. The lowest BCUT2D eigenvalue weighted by Crippen LogP contribution is -2.43. The number of rotatable bonds is 8. The lowest BCUT2D eigenvalue weighted by molar-refractivity contribution is -0.0455. The maximum absolute atomic E-state index is 16.0. The number of hydrogen-bond donors (Lipinski definition) is 6. The molecule has 6 rings (SSSR count). The van der Waals surface area contributed by atoms with Crippen molar-refractivity contribution in [1.29, 1.82) is 0 Å². The van der Waals surface area contributed by atoms with Crippen molar-refractivity contribution < 1.29 is 37.3 Å². The van der Waals surface area contributed by atoms with Crippen molar-refractivity contribution in [3.63, 3.8) is 0 Å². The number of H-pyrrole nitrogens is 1. The number of aromatic nitrogens is 9. The molecule has 2 aliphatic rings. The maximum atomic E-state index is 16.0. The topological polar surface area (TPSA) is 257 Å². The Kier molecular flexibility index (Phi) is 7.37. The Labute approximate surface area is 241 Å². The van der Waals surface area contributed by atoms with Crippen molar-refractivity contribution in [3.05, 3.63) is 23.0 Å². The van der Waals surface area contributed by atoms with Gasteiger partial charge in [0.15, 0.2) is 22.6 Å². The number of thioether (sulfide) groups is 1. The number of anilines is 2. The van der Waals surface area contributed by atoms with Crippen molar-refractivity contribution >= 4 is 64.9 Å². The predicted octanol–water partition coefficient (Wildman–Crippen LogP) is -0.715. The summed E-state index contributed by atoms with van der Waals surface area (Å²) in [5.41, 5.74) is 10.5. The lowest BCUT2D eigenvalue weighted by atomic mass is 10.1. The molecule has 0 aromatic carbocycles. The van der Waals surface area contributed by atoms with Crippen molar-refractivity contribution in [3.8, 4) is 0 Å². The number of nitrogens with one attached hydrogen (secondary N) is 1. The van der Waals surface area contributed by atoms with Gasteiger partial charge < -0.3 is 26.4 Å². The Morgan fingerprint density at radius 3 is 2.86 bits per heavy atom. The summed E-state index contributed by atoms with van der Waals surface area (Å²) in [6.07, 6.45) is -4.55. The van der Waals surface area contributed by atoms with Crippen molar-refractivity contribution in [2.75, 3.05) is 31.3 Å². The molecule has 0 radical (unpaired) electrons. The van der Waals surface area contributed by atoms with Crippen LogP contribution in [0.2, 0.25) is 0 Å². The van der Waals surface area contributed by atoms with E-state index in [9.17, 15) is 19.6 Å². The van der Waals surface area contributed by atoms with Crippen LogP contribution in [0.4, 0.5) is 20.5 Å². The normalized spacial score (nSPS) is 31.3. The molecule has 226 valence electrons. The average Bonchev–Trinajstić information content (AvgIpc) is 3.70. The Morgan fingerprint density at radius 1 is 1.31 bits per heavy atom. The number of imidazole rings is 1. The summed E-state index contributed by atoms with van der Waals surface area (Å²) in [6.45, 7) is -6.40. The third-order valence-corrected chi connectivity index (χ3v) is 9.88. The van der Waals surface area contributed by atoms with Crippen LogP contribution >= 0.6 is 30.8 Å². The minimum absolute atomic E-state index is 0.00623. The zero-order valence-corrected chi connectivity index (χ0v) is 23.6. The predicted molar refractivity (Wildman–Crippen MR) is 145 cm³/mol. The molecule has 0 amide bonds. The highest BCUT2D eigenvalue weighted by Crippen LogP contribution is 2.59. The quantitative estimate of drug-likeness (QED) is 0.102. The monoisotopic (exact) mass is 649 g/mol. The number of thiol groups is 1. The van der Waals surface area contributed by atoms with Crippen LogP contribution in [0.1, 0.15) is 5.37 Å². The van der Waals surface area contributed by atoms with Gasteiger partial charge in [0, 0.05) is 0 Å². The number of ether oxygens (including phenoxy) is 1. The number of aliphatic hydroxyl groups is 2. The summed E-state index contributed by atoms with van der Waals surface area (Å²) in [6, 6.07) is 0. The van der Waals surface area contributed by atoms with E-state index in [1.807, 2.05) is 0 Å². The summed E-state index contributed by atoms with van der Waals surface area (Å²) in [5, 5.41) is 25.9. The van der Waals surface area contributed by atoms with E-state index in [4.69, 9.17) is 25.3 Å². The molecule has 0 saturated carbocycles. The fourth-order valence-electron chi connectivity index (χ4n) is 4.69. The summed E-state index contributed by atoms with van der Waals surface area (Å²) < 4.78 is 62.7. The highest BCUT2D eigenvalue weighted by atomic mass is 32.7. The second kappa shape index (κ2) is 10.6. The van der Waals surface area contributed by atoms with Crippen molar-refractivity contribution in [2.45, 2.75) is 40.9 Å². The molecule has 0 aliphatic carbocycles. The minimum atomic E-state index is -4.45. The van der Waals surface area contributed by atoms with E-state index in [1.54, 1.807) is 0 Å². The van der Waals surface area contributed by atoms with Gasteiger partial charge in [0.1, 0.15) is 48.3 Å². The van der Waals surface area contributed by atoms with Gasteiger partial charge in [-0.15, -0.1) is 16.9 Å². The first kappa shape index (κ1) is 29.1. The Bertz CT molecular complexity index is 1760. The van der Waals surface area contributed by atoms with Gasteiger partial charge in [-0.3, -0.25) is 23.4 Å². The zero-order valence-electron chi connectivity index (χ0n) is 21.0. The highest BCUT2D eigenvalue weighted by Gasteiger charge is 2.54. The minimum Gasteiger partial charge on any atom is -0.395 e. The van der Waals surface area contributed by atoms with Crippen LogP contribution in [-0.4, -0.2) is 104 Å². The number of hydrogen-bond acceptors (Lipinski definition) is 16. The SMILES string of the molecule is Nc1nc2c(nnn2[C@@H]2S[C@H](CO)[C@@H](F)[C@H]2OP(=O)(S)OC[C@H]2OC[C@@](F)(n3cnc4c(N)ncnc43)[C@@H]2O)c(=O)[nH]1. The molecule has 2 aliphatic heterocycles. The van der Waals surface area contributed by atoms with E-state index in [0.29, 0.717) is 0 Å². The number of aromatic amines is 1. The molecule has 23 heteroatoms. The van der Waals surface area contributed by atoms with E-state index < -0.39 is 73.1 Å². The molecule has 1 unspecified atom stereocenters. The number of aliphatic hydroxyl groups excluding tert-OH is 2. The largest absolute Gasteiger partial charge is 0.395 e. The zero-order chi connectivity index (χ0) is 30.0. The second-order valence-electron chi connectivity index (χ2n) is 9.34. The molecule has 18 nitrogen and oxygen atoms in total. The van der Waals surface area contributed by atoms with E-state index in [2.05, 4.69) is 47.5 Å². The number of halogens is 2. The molecular formula is C19H22F2N11O7PS2. The number of nitrogens with two attached hydrogens (primary N) is 2. The first-order chi connectivity index (χ1) is 19.9. The van der Waals surface area contributed by atoms with Crippen LogP contribution in [0.15, 0.2) is 17.4 Å². The summed E-state index contributed by atoms with van der Waals surface area (Å²) >= 11 is 4.79. The molecule has 4 aromatic rings. The molecule has 6 heterocycles. The van der Waals surface area contributed by atoms with Gasteiger partial charge in [-0.1, -0.05) is 17.5 Å². The van der Waals surface area contributed by atoms with Gasteiger partial charge in [0.05, 0.1) is 24.8 Å². The fourth-order valence-corrected chi connectivity index (χ4v) is 7.60.